The number of rotatable bonds is 4. The quantitative estimate of drug-likeness (QED) is 0.567. The van der Waals surface area contributed by atoms with Crippen molar-refractivity contribution in [3.63, 3.8) is 0 Å². The summed E-state index contributed by atoms with van der Waals surface area (Å²) in [6.45, 7) is 6.41. The first-order valence-corrected chi connectivity index (χ1v) is 11.0. The molecule has 0 saturated heterocycles. The second-order valence-electron chi connectivity index (χ2n) is 10.2. The van der Waals surface area contributed by atoms with E-state index >= 15 is 0 Å². The summed E-state index contributed by atoms with van der Waals surface area (Å²) in [5, 5.41) is 41.6. The van der Waals surface area contributed by atoms with Crippen molar-refractivity contribution in [1.82, 2.24) is 0 Å². The minimum atomic E-state index is -0.778. The van der Waals surface area contributed by atoms with Crippen LogP contribution in [0.4, 0.5) is 0 Å². The van der Waals surface area contributed by atoms with Crippen molar-refractivity contribution >= 4 is 5.97 Å². The maximum atomic E-state index is 11.3. The molecule has 0 aromatic rings. The van der Waals surface area contributed by atoms with E-state index in [1.54, 1.807) is 0 Å². The molecule has 0 aromatic carbocycles. The van der Waals surface area contributed by atoms with Gasteiger partial charge in [-0.1, -0.05) is 32.4 Å². The molecule has 4 N–H and O–H groups in total. The Morgan fingerprint density at radius 1 is 1.24 bits per heavy atom. The van der Waals surface area contributed by atoms with E-state index in [9.17, 15) is 20.1 Å². The maximum absolute atomic E-state index is 11.3. The molecule has 0 bridgehead atoms. The summed E-state index contributed by atoms with van der Waals surface area (Å²) in [6.07, 6.45) is 7.22. The van der Waals surface area contributed by atoms with Crippen molar-refractivity contribution < 1.29 is 25.2 Å². The van der Waals surface area contributed by atoms with E-state index in [1.165, 1.54) is 5.57 Å². The summed E-state index contributed by atoms with van der Waals surface area (Å²) in [5.74, 6) is 0.0960. The van der Waals surface area contributed by atoms with Gasteiger partial charge in [0.2, 0.25) is 0 Å². The first-order chi connectivity index (χ1) is 13.6. The zero-order valence-corrected chi connectivity index (χ0v) is 17.7. The van der Waals surface area contributed by atoms with Gasteiger partial charge in [0.15, 0.2) is 0 Å². The summed E-state index contributed by atoms with van der Waals surface area (Å²) in [6, 6.07) is 0. The van der Waals surface area contributed by atoms with Crippen LogP contribution in [0.3, 0.4) is 0 Å². The molecular formula is C24H34O5. The largest absolute Gasteiger partial charge is 0.513 e. The van der Waals surface area contributed by atoms with E-state index in [4.69, 9.17) is 5.11 Å². The van der Waals surface area contributed by atoms with Crippen LogP contribution < -0.4 is 0 Å². The second-order valence-corrected chi connectivity index (χ2v) is 10.2. The van der Waals surface area contributed by atoms with E-state index in [2.05, 4.69) is 20.8 Å². The Kier molecular flexibility index (Phi) is 4.98. The molecule has 2 saturated carbocycles. The Morgan fingerprint density at radius 2 is 1.97 bits per heavy atom. The van der Waals surface area contributed by atoms with E-state index in [0.717, 1.165) is 30.4 Å². The lowest BCUT2D eigenvalue weighted by Gasteiger charge is -2.53. The minimum Gasteiger partial charge on any atom is -0.513 e. The molecule has 0 spiro atoms. The average Bonchev–Trinajstić information content (AvgIpc) is 3.01. The molecule has 2 fully saturated rings. The lowest BCUT2D eigenvalue weighted by molar-refractivity contribution is -0.137. The van der Waals surface area contributed by atoms with Crippen LogP contribution >= 0.6 is 0 Å². The van der Waals surface area contributed by atoms with Crippen LogP contribution in [0.15, 0.2) is 34.6 Å². The second kappa shape index (κ2) is 6.98. The summed E-state index contributed by atoms with van der Waals surface area (Å²) in [7, 11) is 0. The number of aliphatic carboxylic acids is 1. The van der Waals surface area contributed by atoms with Crippen molar-refractivity contribution in [1.29, 1.82) is 0 Å². The van der Waals surface area contributed by atoms with Gasteiger partial charge in [-0.25, -0.2) is 0 Å². The zero-order valence-electron chi connectivity index (χ0n) is 17.7. The van der Waals surface area contributed by atoms with Crippen LogP contribution in [0.5, 0.6) is 0 Å². The standard InChI is InChI=1S/C24H34O5/c1-13(4-7-21(28)29)16-5-6-17-22-18(12-20(27)24(16,17)3)23(2)9-8-15(25)10-14(23)11-19(22)26/h10,12-14,16,19-20,25-27H,4-9,11H2,1-3H3,(H,28,29)/t13-,14+,16-,19-,20+,23+,24-/m1/s1. The molecule has 0 heterocycles. The number of fused-ring (bicyclic) bond motifs is 4. The van der Waals surface area contributed by atoms with Crippen LogP contribution in [-0.4, -0.2) is 38.6 Å². The van der Waals surface area contributed by atoms with Gasteiger partial charge in [-0.2, -0.15) is 0 Å². The normalized spacial score (nSPS) is 42.4. The molecule has 4 aliphatic carbocycles. The molecule has 0 radical (unpaired) electrons. The fraction of sp³-hybridized carbons (Fsp3) is 0.708. The van der Waals surface area contributed by atoms with Gasteiger partial charge in [0, 0.05) is 18.3 Å². The van der Waals surface area contributed by atoms with E-state index in [-0.39, 0.29) is 29.6 Å². The Hall–Kier alpha value is -1.59. The topological polar surface area (TPSA) is 98.0 Å². The number of aliphatic hydroxyl groups is 3. The monoisotopic (exact) mass is 402 g/mol. The van der Waals surface area contributed by atoms with E-state index in [1.807, 2.05) is 12.2 Å². The smallest absolute Gasteiger partial charge is 0.303 e. The fourth-order valence-corrected chi connectivity index (χ4v) is 6.90. The molecule has 5 nitrogen and oxygen atoms in total. The Labute approximate surface area is 172 Å². The van der Waals surface area contributed by atoms with Gasteiger partial charge in [0.05, 0.1) is 18.0 Å². The first-order valence-electron chi connectivity index (χ1n) is 11.0. The number of hydrogen-bond donors (Lipinski definition) is 4. The highest BCUT2D eigenvalue weighted by molar-refractivity contribution is 5.66. The van der Waals surface area contributed by atoms with Gasteiger partial charge >= 0.3 is 5.97 Å². The van der Waals surface area contributed by atoms with E-state index in [0.29, 0.717) is 25.0 Å². The highest BCUT2D eigenvalue weighted by atomic mass is 16.4. The zero-order chi connectivity index (χ0) is 21.1. The highest BCUT2D eigenvalue weighted by Crippen LogP contribution is 2.63. The third kappa shape index (κ3) is 3.00. The molecule has 0 amide bonds. The minimum absolute atomic E-state index is 0.0742. The van der Waals surface area contributed by atoms with Crippen LogP contribution in [-0.2, 0) is 4.79 Å². The fourth-order valence-electron chi connectivity index (χ4n) is 6.90. The molecule has 0 aliphatic heterocycles. The van der Waals surface area contributed by atoms with Gasteiger partial charge in [0.25, 0.3) is 0 Å². The Bertz CT molecular complexity index is 808. The molecule has 0 unspecified atom stereocenters. The maximum Gasteiger partial charge on any atom is 0.303 e. The molecular weight excluding hydrogens is 368 g/mol. The van der Waals surface area contributed by atoms with Crippen LogP contribution in [0, 0.1) is 28.6 Å². The van der Waals surface area contributed by atoms with Crippen molar-refractivity contribution in [2.45, 2.75) is 77.9 Å². The summed E-state index contributed by atoms with van der Waals surface area (Å²) in [5.41, 5.74) is 2.65. The van der Waals surface area contributed by atoms with Gasteiger partial charge < -0.3 is 20.4 Å². The van der Waals surface area contributed by atoms with Crippen molar-refractivity contribution in [2.75, 3.05) is 0 Å². The first kappa shape index (κ1) is 20.7. The number of aliphatic hydroxyl groups excluding tert-OH is 3. The average molecular weight is 403 g/mol. The molecule has 7 atom stereocenters. The SMILES string of the molecule is C[C@H](CCC(=O)O)[C@H]1CCC2=C3C(=C[C@H](O)[C@@]21C)[C@@]1(C)CCC(O)=C[C@H]1C[C@H]3O. The highest BCUT2D eigenvalue weighted by Gasteiger charge is 2.57. The number of hydrogen-bond acceptors (Lipinski definition) is 4. The van der Waals surface area contributed by atoms with E-state index < -0.39 is 23.6 Å². The molecule has 0 aromatic heterocycles. The molecule has 4 aliphatic rings. The molecule has 29 heavy (non-hydrogen) atoms. The van der Waals surface area contributed by atoms with Gasteiger partial charge in [-0.05, 0) is 72.5 Å². The van der Waals surface area contributed by atoms with Crippen molar-refractivity contribution in [3.8, 4) is 0 Å². The summed E-state index contributed by atoms with van der Waals surface area (Å²) in [4.78, 5) is 11.0. The summed E-state index contributed by atoms with van der Waals surface area (Å²) >= 11 is 0. The Morgan fingerprint density at radius 3 is 2.66 bits per heavy atom. The van der Waals surface area contributed by atoms with Crippen molar-refractivity contribution in [2.24, 2.45) is 28.6 Å². The van der Waals surface area contributed by atoms with Gasteiger partial charge in [-0.3, -0.25) is 4.79 Å². The number of allylic oxidation sites excluding steroid dienone is 2. The van der Waals surface area contributed by atoms with Gasteiger partial charge in [0.1, 0.15) is 0 Å². The third-order valence-corrected chi connectivity index (χ3v) is 8.72. The molecule has 5 heteroatoms. The third-order valence-electron chi connectivity index (χ3n) is 8.72. The lowest BCUT2D eigenvalue weighted by atomic mass is 9.53. The lowest BCUT2D eigenvalue weighted by Crippen LogP contribution is -2.48. The Balaban J connectivity index is 1.73. The number of carbonyl (C=O) groups is 1. The van der Waals surface area contributed by atoms with Crippen LogP contribution in [0.1, 0.15) is 65.7 Å². The van der Waals surface area contributed by atoms with Crippen LogP contribution in [0.25, 0.3) is 0 Å². The van der Waals surface area contributed by atoms with Gasteiger partial charge in [-0.15, -0.1) is 0 Å². The predicted molar refractivity (Wildman–Crippen MR) is 110 cm³/mol. The van der Waals surface area contributed by atoms with Crippen LogP contribution in [0.2, 0.25) is 0 Å². The molecule has 160 valence electrons. The predicted octanol–water partition coefficient (Wildman–Crippen LogP) is 4.12. The number of carboxylic acids is 1. The number of carboxylic acid groups (broad SMARTS) is 1. The summed E-state index contributed by atoms with van der Waals surface area (Å²) < 4.78 is 0. The molecule has 4 rings (SSSR count). The van der Waals surface area contributed by atoms with Crippen molar-refractivity contribution in [3.05, 3.63) is 34.6 Å².